The van der Waals surface area contributed by atoms with Crippen molar-refractivity contribution in [3.63, 3.8) is 0 Å². The molecule has 2 aromatic heterocycles. The van der Waals surface area contributed by atoms with Crippen molar-refractivity contribution in [1.29, 1.82) is 0 Å². The second-order valence-corrected chi connectivity index (χ2v) is 10.8. The minimum atomic E-state index is 0.515. The van der Waals surface area contributed by atoms with Gasteiger partial charge in [-0.1, -0.05) is 36.4 Å². The number of fused-ring (bicyclic) bond motifs is 10. The van der Waals surface area contributed by atoms with Crippen LogP contribution in [0.15, 0.2) is 60.3 Å². The van der Waals surface area contributed by atoms with Gasteiger partial charge in [0.1, 0.15) is 0 Å². The van der Waals surface area contributed by atoms with Gasteiger partial charge in [0, 0.05) is 58.5 Å². The highest BCUT2D eigenvalue weighted by atomic mass is 15.2. The van der Waals surface area contributed by atoms with Crippen molar-refractivity contribution >= 4 is 21.8 Å². The maximum absolute atomic E-state index is 3.83. The van der Waals surface area contributed by atoms with Crippen molar-refractivity contribution < 1.29 is 0 Å². The summed E-state index contributed by atoms with van der Waals surface area (Å²) in [5, 5.41) is 2.88. The van der Waals surface area contributed by atoms with E-state index < -0.39 is 0 Å². The highest BCUT2D eigenvalue weighted by Gasteiger charge is 2.40. The molecule has 4 heteroatoms. The lowest BCUT2D eigenvalue weighted by Crippen LogP contribution is -2.47. The number of hydrogen-bond acceptors (Lipinski definition) is 2. The fourth-order valence-corrected chi connectivity index (χ4v) is 7.72. The summed E-state index contributed by atoms with van der Waals surface area (Å²) in [6.07, 6.45) is 11.3. The molecule has 0 bridgehead atoms. The van der Waals surface area contributed by atoms with Crippen LogP contribution in [0.2, 0.25) is 0 Å². The van der Waals surface area contributed by atoms with Crippen molar-refractivity contribution in [3.8, 4) is 0 Å². The number of rotatable bonds is 1. The number of hydrogen-bond donors (Lipinski definition) is 2. The predicted molar refractivity (Wildman–Crippen MR) is 138 cm³/mol. The number of benzene rings is 2. The normalized spacial score (nSPS) is 26.6. The Morgan fingerprint density at radius 2 is 1.29 bits per heavy atom. The summed E-state index contributed by atoms with van der Waals surface area (Å²) in [5.74, 6) is 0. The van der Waals surface area contributed by atoms with Crippen LogP contribution >= 0.6 is 0 Å². The van der Waals surface area contributed by atoms with Gasteiger partial charge in [0.2, 0.25) is 0 Å². The number of piperidine rings is 1. The molecule has 8 rings (SSSR count). The Bertz CT molecular complexity index is 1440. The van der Waals surface area contributed by atoms with Crippen LogP contribution in [0, 0.1) is 0 Å². The number of H-pyrrole nitrogens is 2. The molecular formula is C30H32N4. The van der Waals surface area contributed by atoms with Crippen LogP contribution in [0.1, 0.15) is 66.7 Å². The fraction of sp³-hybridized carbons (Fsp3) is 0.400. The number of aromatic nitrogens is 2. The molecule has 34 heavy (non-hydrogen) atoms. The van der Waals surface area contributed by atoms with Crippen molar-refractivity contribution in [2.45, 2.75) is 63.1 Å². The van der Waals surface area contributed by atoms with Gasteiger partial charge in [-0.3, -0.25) is 4.90 Å². The standard InChI is InChI=1S/C30H32N4/c1-3-8-24-20(6-1)22-14-16-33-18-19(12-13-27(33)29(22)31-24)26-10-5-11-28-30-23(15-17-34(26)28)21-7-2-4-9-25(21)32-30/h1-4,6-9,18,26-28,31-32H,5,10-17H2/t26-,27?,28+/m1/s1. The summed E-state index contributed by atoms with van der Waals surface area (Å²) in [4.78, 5) is 13.1. The van der Waals surface area contributed by atoms with E-state index in [0.717, 1.165) is 13.0 Å². The number of nitrogens with one attached hydrogen (secondary N) is 2. The second-order valence-electron chi connectivity index (χ2n) is 10.8. The van der Waals surface area contributed by atoms with E-state index in [1.807, 2.05) is 0 Å². The quantitative estimate of drug-likeness (QED) is 0.355. The summed E-state index contributed by atoms with van der Waals surface area (Å²) in [6.45, 7) is 2.34. The van der Waals surface area contributed by atoms with Crippen molar-refractivity contribution in [3.05, 3.63) is 82.8 Å². The first-order valence-electron chi connectivity index (χ1n) is 13.3. The van der Waals surface area contributed by atoms with Crippen LogP contribution in [0.5, 0.6) is 0 Å². The minimum Gasteiger partial charge on any atom is -0.369 e. The van der Waals surface area contributed by atoms with E-state index in [2.05, 4.69) is 74.5 Å². The zero-order valence-electron chi connectivity index (χ0n) is 19.7. The summed E-state index contributed by atoms with van der Waals surface area (Å²) in [6, 6.07) is 19.4. The van der Waals surface area contributed by atoms with Crippen molar-refractivity contribution in [2.75, 3.05) is 13.1 Å². The highest BCUT2D eigenvalue weighted by Crippen LogP contribution is 2.46. The van der Waals surface area contributed by atoms with Gasteiger partial charge in [-0.15, -0.1) is 0 Å². The van der Waals surface area contributed by atoms with E-state index in [4.69, 9.17) is 0 Å². The second kappa shape index (κ2) is 7.26. The Labute approximate surface area is 200 Å². The van der Waals surface area contributed by atoms with E-state index >= 15 is 0 Å². The molecule has 0 radical (unpaired) electrons. The minimum absolute atomic E-state index is 0.515. The van der Waals surface area contributed by atoms with Gasteiger partial charge in [-0.25, -0.2) is 0 Å². The molecule has 4 aliphatic heterocycles. The van der Waals surface area contributed by atoms with Gasteiger partial charge in [-0.2, -0.15) is 0 Å². The summed E-state index contributed by atoms with van der Waals surface area (Å²) < 4.78 is 0. The maximum Gasteiger partial charge on any atom is 0.0692 e. The van der Waals surface area contributed by atoms with E-state index in [-0.39, 0.29) is 0 Å². The fourth-order valence-electron chi connectivity index (χ4n) is 7.72. The zero-order chi connectivity index (χ0) is 22.2. The maximum atomic E-state index is 3.83. The Kier molecular flexibility index (Phi) is 4.13. The third kappa shape index (κ3) is 2.69. The van der Waals surface area contributed by atoms with Gasteiger partial charge >= 0.3 is 0 Å². The lowest BCUT2D eigenvalue weighted by atomic mass is 9.81. The molecule has 0 saturated carbocycles. The summed E-state index contributed by atoms with van der Waals surface area (Å²) >= 11 is 0. The summed E-state index contributed by atoms with van der Waals surface area (Å²) in [7, 11) is 0. The SMILES string of the molecule is C1=C([C@H]2CCC[C@H]3c4[nH]c5ccccc5c4CCN23)CCC2c3[nH]c4ccccc4c3CCN12. The molecule has 4 aliphatic rings. The van der Waals surface area contributed by atoms with Crippen LogP contribution in [0.3, 0.4) is 0 Å². The van der Waals surface area contributed by atoms with Gasteiger partial charge in [0.15, 0.2) is 0 Å². The Morgan fingerprint density at radius 1 is 0.647 bits per heavy atom. The molecule has 1 fully saturated rings. The first-order valence-corrected chi connectivity index (χ1v) is 13.3. The van der Waals surface area contributed by atoms with Crippen LogP contribution in [-0.4, -0.2) is 38.9 Å². The highest BCUT2D eigenvalue weighted by molar-refractivity contribution is 5.86. The van der Waals surface area contributed by atoms with Crippen molar-refractivity contribution in [1.82, 2.24) is 19.8 Å². The topological polar surface area (TPSA) is 38.1 Å². The third-order valence-corrected chi connectivity index (χ3v) is 9.22. The predicted octanol–water partition coefficient (Wildman–Crippen LogP) is 6.38. The molecule has 4 aromatic rings. The number of nitrogens with zero attached hydrogens (tertiary/aromatic N) is 2. The molecule has 2 N–H and O–H groups in total. The van der Waals surface area contributed by atoms with Crippen LogP contribution in [0.25, 0.3) is 21.8 Å². The zero-order valence-corrected chi connectivity index (χ0v) is 19.7. The largest absolute Gasteiger partial charge is 0.369 e. The van der Waals surface area contributed by atoms with E-state index in [1.165, 1.54) is 78.3 Å². The smallest absolute Gasteiger partial charge is 0.0692 e. The van der Waals surface area contributed by atoms with Gasteiger partial charge in [-0.05, 0) is 73.8 Å². The average molecular weight is 449 g/mol. The molecule has 1 saturated heterocycles. The van der Waals surface area contributed by atoms with E-state index in [0.29, 0.717) is 18.1 Å². The van der Waals surface area contributed by atoms with Crippen LogP contribution in [-0.2, 0) is 12.8 Å². The van der Waals surface area contributed by atoms with E-state index in [1.54, 1.807) is 16.7 Å². The first kappa shape index (κ1) is 19.3. The monoisotopic (exact) mass is 448 g/mol. The van der Waals surface area contributed by atoms with Gasteiger partial charge in [0.05, 0.1) is 12.1 Å². The molecule has 2 aromatic carbocycles. The van der Waals surface area contributed by atoms with E-state index in [9.17, 15) is 0 Å². The van der Waals surface area contributed by atoms with Gasteiger partial charge in [0.25, 0.3) is 0 Å². The molecular weight excluding hydrogens is 416 g/mol. The van der Waals surface area contributed by atoms with Crippen LogP contribution < -0.4 is 0 Å². The first-order chi connectivity index (χ1) is 16.8. The number of para-hydroxylation sites is 2. The molecule has 3 atom stereocenters. The lowest BCUT2D eigenvalue weighted by molar-refractivity contribution is 0.0835. The molecule has 0 spiro atoms. The number of aromatic amines is 2. The molecule has 6 heterocycles. The lowest BCUT2D eigenvalue weighted by Gasteiger charge is -2.48. The summed E-state index contributed by atoms with van der Waals surface area (Å²) in [5.41, 5.74) is 10.4. The van der Waals surface area contributed by atoms with Crippen LogP contribution in [0.4, 0.5) is 0 Å². The van der Waals surface area contributed by atoms with Crippen molar-refractivity contribution in [2.24, 2.45) is 0 Å². The third-order valence-electron chi connectivity index (χ3n) is 9.22. The Balaban J connectivity index is 1.12. The van der Waals surface area contributed by atoms with Gasteiger partial charge < -0.3 is 14.9 Å². The molecule has 0 amide bonds. The molecule has 0 aliphatic carbocycles. The molecule has 4 nitrogen and oxygen atoms in total. The molecule has 1 unspecified atom stereocenters. The molecule has 172 valence electrons. The Morgan fingerprint density at radius 3 is 2.06 bits per heavy atom. The average Bonchev–Trinajstić information content (AvgIpc) is 3.47. The Hall–Kier alpha value is -2.98.